The summed E-state index contributed by atoms with van der Waals surface area (Å²) in [6, 6.07) is 9.63. The maximum absolute atomic E-state index is 11.5. The summed E-state index contributed by atoms with van der Waals surface area (Å²) in [7, 11) is 1.84. The van der Waals surface area contributed by atoms with Crippen LogP contribution in [0.1, 0.15) is 27.2 Å². The van der Waals surface area contributed by atoms with Crippen molar-refractivity contribution in [2.75, 3.05) is 11.9 Å². The highest BCUT2D eigenvalue weighted by Crippen LogP contribution is 2.29. The lowest BCUT2D eigenvalue weighted by atomic mass is 10.1. The maximum Gasteiger partial charge on any atom is 0.339 e. The van der Waals surface area contributed by atoms with Crippen molar-refractivity contribution in [1.82, 2.24) is 4.98 Å². The molecule has 1 aromatic heterocycles. The molecule has 1 heterocycles. The Hall–Kier alpha value is -2.36. The van der Waals surface area contributed by atoms with Gasteiger partial charge in [-0.25, -0.2) is 9.78 Å². The average molecular weight is 270 g/mol. The van der Waals surface area contributed by atoms with E-state index in [4.69, 9.17) is 0 Å². The monoisotopic (exact) mass is 270 g/mol. The SMILES string of the molecule is Cc1cc(C)c(C(=O)O)c(N(C)c2ccccc2C)n1. The number of carbonyl (C=O) groups is 1. The number of aromatic carboxylic acids is 1. The summed E-state index contributed by atoms with van der Waals surface area (Å²) in [5.74, 6) is -0.477. The number of carboxylic acids is 1. The van der Waals surface area contributed by atoms with Crippen molar-refractivity contribution in [3.05, 3.63) is 52.7 Å². The van der Waals surface area contributed by atoms with Gasteiger partial charge in [-0.2, -0.15) is 0 Å². The number of pyridine rings is 1. The van der Waals surface area contributed by atoms with Gasteiger partial charge in [0.15, 0.2) is 0 Å². The molecule has 0 radical (unpaired) electrons. The zero-order valence-corrected chi connectivity index (χ0v) is 12.1. The highest BCUT2D eigenvalue weighted by Gasteiger charge is 2.20. The molecular formula is C16H18N2O2. The van der Waals surface area contributed by atoms with Crippen molar-refractivity contribution >= 4 is 17.5 Å². The van der Waals surface area contributed by atoms with Crippen molar-refractivity contribution in [1.29, 1.82) is 0 Å². The van der Waals surface area contributed by atoms with Crippen LogP contribution >= 0.6 is 0 Å². The Morgan fingerprint density at radius 3 is 2.40 bits per heavy atom. The summed E-state index contributed by atoms with van der Waals surface area (Å²) in [5.41, 5.74) is 3.81. The first-order chi connectivity index (χ1) is 9.41. The number of benzene rings is 1. The Labute approximate surface area is 118 Å². The topological polar surface area (TPSA) is 53.4 Å². The number of carboxylic acid groups (broad SMARTS) is 1. The van der Waals surface area contributed by atoms with E-state index in [-0.39, 0.29) is 5.56 Å². The number of aryl methyl sites for hydroxylation is 3. The van der Waals surface area contributed by atoms with E-state index in [2.05, 4.69) is 4.98 Å². The van der Waals surface area contributed by atoms with E-state index in [1.807, 2.05) is 50.1 Å². The molecular weight excluding hydrogens is 252 g/mol. The molecule has 20 heavy (non-hydrogen) atoms. The third kappa shape index (κ3) is 2.50. The van der Waals surface area contributed by atoms with E-state index >= 15 is 0 Å². The zero-order valence-electron chi connectivity index (χ0n) is 12.1. The van der Waals surface area contributed by atoms with Crippen LogP contribution in [0.3, 0.4) is 0 Å². The summed E-state index contributed by atoms with van der Waals surface area (Å²) in [6.07, 6.45) is 0. The first kappa shape index (κ1) is 14.1. The van der Waals surface area contributed by atoms with Gasteiger partial charge in [0.05, 0.1) is 0 Å². The quantitative estimate of drug-likeness (QED) is 0.927. The standard InChI is InChI=1S/C16H18N2O2/c1-10-7-5-6-8-13(10)18(4)15-14(16(19)20)11(2)9-12(3)17-15/h5-9H,1-4H3,(H,19,20). The lowest BCUT2D eigenvalue weighted by Gasteiger charge is -2.23. The number of rotatable bonds is 3. The molecule has 0 aliphatic carbocycles. The molecule has 0 atom stereocenters. The molecule has 0 amide bonds. The Morgan fingerprint density at radius 2 is 1.80 bits per heavy atom. The van der Waals surface area contributed by atoms with Gasteiger partial charge in [-0.15, -0.1) is 0 Å². The van der Waals surface area contributed by atoms with Crippen molar-refractivity contribution in [3.63, 3.8) is 0 Å². The molecule has 0 bridgehead atoms. The summed E-state index contributed by atoms with van der Waals surface area (Å²) in [5, 5.41) is 9.44. The van der Waals surface area contributed by atoms with Crippen LogP contribution in [0.15, 0.2) is 30.3 Å². The van der Waals surface area contributed by atoms with Crippen LogP contribution in [0.25, 0.3) is 0 Å². The maximum atomic E-state index is 11.5. The van der Waals surface area contributed by atoms with Gasteiger partial charge in [-0.05, 0) is 44.0 Å². The highest BCUT2D eigenvalue weighted by molar-refractivity contribution is 5.96. The van der Waals surface area contributed by atoms with Crippen molar-refractivity contribution in [2.24, 2.45) is 0 Å². The third-order valence-electron chi connectivity index (χ3n) is 3.33. The van der Waals surface area contributed by atoms with Crippen molar-refractivity contribution in [3.8, 4) is 0 Å². The van der Waals surface area contributed by atoms with E-state index in [0.717, 1.165) is 22.5 Å². The van der Waals surface area contributed by atoms with Gasteiger partial charge in [-0.1, -0.05) is 18.2 Å². The summed E-state index contributed by atoms with van der Waals surface area (Å²) < 4.78 is 0. The number of para-hydroxylation sites is 1. The van der Waals surface area contributed by atoms with Gasteiger partial charge in [0.25, 0.3) is 0 Å². The second kappa shape index (κ2) is 5.33. The summed E-state index contributed by atoms with van der Waals surface area (Å²) in [4.78, 5) is 17.8. The summed E-state index contributed by atoms with van der Waals surface area (Å²) in [6.45, 7) is 5.66. The normalized spacial score (nSPS) is 10.4. The van der Waals surface area contributed by atoms with E-state index < -0.39 is 5.97 Å². The highest BCUT2D eigenvalue weighted by atomic mass is 16.4. The van der Waals surface area contributed by atoms with E-state index in [1.165, 1.54) is 0 Å². The number of anilines is 2. The first-order valence-corrected chi connectivity index (χ1v) is 6.42. The number of hydrogen-bond acceptors (Lipinski definition) is 3. The fourth-order valence-electron chi connectivity index (χ4n) is 2.38. The van der Waals surface area contributed by atoms with Gasteiger partial charge in [0.2, 0.25) is 0 Å². The van der Waals surface area contributed by atoms with Gasteiger partial charge in [0.1, 0.15) is 11.4 Å². The Bertz CT molecular complexity index is 666. The minimum atomic E-state index is -0.953. The van der Waals surface area contributed by atoms with Crippen LogP contribution in [-0.2, 0) is 0 Å². The molecule has 2 rings (SSSR count). The van der Waals surface area contributed by atoms with Crippen LogP contribution in [0.5, 0.6) is 0 Å². The Morgan fingerprint density at radius 1 is 1.15 bits per heavy atom. The van der Waals surface area contributed by atoms with Crippen LogP contribution < -0.4 is 4.90 Å². The van der Waals surface area contributed by atoms with Crippen LogP contribution in [0.2, 0.25) is 0 Å². The van der Waals surface area contributed by atoms with Crippen molar-refractivity contribution < 1.29 is 9.90 Å². The average Bonchev–Trinajstić information content (AvgIpc) is 2.37. The third-order valence-corrected chi connectivity index (χ3v) is 3.33. The predicted molar refractivity (Wildman–Crippen MR) is 79.9 cm³/mol. The van der Waals surface area contributed by atoms with Crippen LogP contribution in [0.4, 0.5) is 11.5 Å². The van der Waals surface area contributed by atoms with E-state index in [1.54, 1.807) is 13.0 Å². The first-order valence-electron chi connectivity index (χ1n) is 6.42. The second-order valence-corrected chi connectivity index (χ2v) is 4.93. The summed E-state index contributed by atoms with van der Waals surface area (Å²) >= 11 is 0. The molecule has 2 aromatic rings. The molecule has 1 aromatic carbocycles. The van der Waals surface area contributed by atoms with E-state index in [0.29, 0.717) is 5.82 Å². The molecule has 4 nitrogen and oxygen atoms in total. The molecule has 0 spiro atoms. The molecule has 104 valence electrons. The van der Waals surface area contributed by atoms with Gasteiger partial charge in [0, 0.05) is 18.4 Å². The Balaban J connectivity index is 2.63. The number of nitrogens with zero attached hydrogens (tertiary/aromatic N) is 2. The minimum Gasteiger partial charge on any atom is -0.478 e. The van der Waals surface area contributed by atoms with Crippen molar-refractivity contribution in [2.45, 2.75) is 20.8 Å². The number of aromatic nitrogens is 1. The predicted octanol–water partition coefficient (Wildman–Crippen LogP) is 3.47. The molecule has 0 saturated carbocycles. The Kier molecular flexibility index (Phi) is 3.74. The second-order valence-electron chi connectivity index (χ2n) is 4.93. The molecule has 4 heteroatoms. The molecule has 0 unspecified atom stereocenters. The fraction of sp³-hybridized carbons (Fsp3) is 0.250. The smallest absolute Gasteiger partial charge is 0.339 e. The van der Waals surface area contributed by atoms with E-state index in [9.17, 15) is 9.90 Å². The van der Waals surface area contributed by atoms with Gasteiger partial charge >= 0.3 is 5.97 Å². The van der Waals surface area contributed by atoms with Crippen LogP contribution in [-0.4, -0.2) is 23.1 Å². The van der Waals surface area contributed by atoms with Gasteiger partial charge in [-0.3, -0.25) is 0 Å². The zero-order chi connectivity index (χ0) is 14.9. The number of hydrogen-bond donors (Lipinski definition) is 1. The largest absolute Gasteiger partial charge is 0.478 e. The molecule has 0 fully saturated rings. The minimum absolute atomic E-state index is 0.251. The lowest BCUT2D eigenvalue weighted by Crippen LogP contribution is -2.18. The van der Waals surface area contributed by atoms with Gasteiger partial charge < -0.3 is 10.0 Å². The molecule has 0 aliphatic rings. The molecule has 0 aliphatic heterocycles. The molecule has 0 saturated heterocycles. The lowest BCUT2D eigenvalue weighted by molar-refractivity contribution is 0.0696. The van der Waals surface area contributed by atoms with Crippen LogP contribution in [0, 0.1) is 20.8 Å². The fourth-order valence-corrected chi connectivity index (χ4v) is 2.38. The molecule has 1 N–H and O–H groups in total.